The Morgan fingerprint density at radius 1 is 1.50 bits per heavy atom. The highest BCUT2D eigenvalue weighted by Gasteiger charge is 2.04. The fourth-order valence-corrected chi connectivity index (χ4v) is 0.785. The van der Waals surface area contributed by atoms with E-state index >= 15 is 0 Å². The molecule has 2 aliphatic rings. The van der Waals surface area contributed by atoms with Crippen molar-refractivity contribution in [1.29, 1.82) is 0 Å². The third-order valence-electron chi connectivity index (χ3n) is 1.24. The molecular formula is C6H5N4. The Balaban J connectivity index is 2.75. The normalized spacial score (nSPS) is 10.5. The van der Waals surface area contributed by atoms with Crippen molar-refractivity contribution >= 4 is 0 Å². The minimum atomic E-state index is 0.651. The lowest BCUT2D eigenvalue weighted by atomic mass is 10.4. The van der Waals surface area contributed by atoms with E-state index in [1.54, 1.807) is 4.57 Å². The first kappa shape index (κ1) is 5.34. The van der Waals surface area contributed by atoms with Gasteiger partial charge in [-0.05, 0) is 0 Å². The molecule has 2 heterocycles. The van der Waals surface area contributed by atoms with Crippen LogP contribution in [0.2, 0.25) is 0 Å². The summed E-state index contributed by atoms with van der Waals surface area (Å²) in [7, 11) is 1.85. The number of nitrogens with zero attached hydrogens (tertiary/aromatic N) is 4. The SMILES string of the molecule is Cn1[c]nc2ncnc-2c1. The molecule has 1 radical (unpaired) electrons. The molecule has 0 fully saturated rings. The van der Waals surface area contributed by atoms with E-state index < -0.39 is 0 Å². The number of hydrogen-bond donors (Lipinski definition) is 0. The Kier molecular flexibility index (Phi) is 0.943. The topological polar surface area (TPSA) is 43.6 Å². The summed E-state index contributed by atoms with van der Waals surface area (Å²) < 4.78 is 1.72. The minimum Gasteiger partial charge on any atom is -0.331 e. The zero-order chi connectivity index (χ0) is 6.97. The van der Waals surface area contributed by atoms with Gasteiger partial charge in [0.05, 0.1) is 0 Å². The van der Waals surface area contributed by atoms with Crippen LogP contribution in [-0.2, 0) is 7.05 Å². The summed E-state index contributed by atoms with van der Waals surface area (Å²) in [5.41, 5.74) is 0.807. The molecule has 0 aromatic carbocycles. The summed E-state index contributed by atoms with van der Waals surface area (Å²) in [6.07, 6.45) is 6.04. The molecular weight excluding hydrogens is 128 g/mol. The third-order valence-corrected chi connectivity index (χ3v) is 1.24. The number of hydrogen-bond acceptors (Lipinski definition) is 3. The summed E-state index contributed by atoms with van der Waals surface area (Å²) in [6, 6.07) is 0. The predicted octanol–water partition coefficient (Wildman–Crippen LogP) is 0.115. The van der Waals surface area contributed by atoms with Crippen molar-refractivity contribution in [2.24, 2.45) is 7.05 Å². The standard InChI is InChI=1S/C6H5N4/c1-10-2-5-6(9-4-10)8-3-7-5/h2-3H,1H3. The Labute approximate surface area is 57.9 Å². The van der Waals surface area contributed by atoms with Gasteiger partial charge in [0, 0.05) is 13.2 Å². The van der Waals surface area contributed by atoms with Gasteiger partial charge in [0.1, 0.15) is 12.0 Å². The van der Waals surface area contributed by atoms with Crippen molar-refractivity contribution in [3.05, 3.63) is 18.9 Å². The largest absolute Gasteiger partial charge is 0.331 e. The molecule has 0 unspecified atom stereocenters. The van der Waals surface area contributed by atoms with E-state index in [9.17, 15) is 0 Å². The smallest absolute Gasteiger partial charge is 0.183 e. The van der Waals surface area contributed by atoms with Crippen molar-refractivity contribution in [3.63, 3.8) is 0 Å². The van der Waals surface area contributed by atoms with Crippen LogP contribution in [0.5, 0.6) is 0 Å². The first-order chi connectivity index (χ1) is 4.86. The Morgan fingerprint density at radius 3 is 3.30 bits per heavy atom. The average Bonchev–Trinajstić information content (AvgIpc) is 2.33. The molecule has 4 heteroatoms. The predicted molar refractivity (Wildman–Crippen MR) is 34.3 cm³/mol. The average molecular weight is 133 g/mol. The Bertz CT molecular complexity index is 314. The second-order valence-corrected chi connectivity index (χ2v) is 2.03. The molecule has 0 aromatic heterocycles. The van der Waals surface area contributed by atoms with Crippen LogP contribution in [0.4, 0.5) is 0 Å². The summed E-state index contributed by atoms with van der Waals surface area (Å²) in [5.74, 6) is 0.651. The molecule has 0 saturated heterocycles. The second kappa shape index (κ2) is 1.76. The Morgan fingerprint density at radius 2 is 2.40 bits per heavy atom. The van der Waals surface area contributed by atoms with Gasteiger partial charge in [-0.3, -0.25) is 0 Å². The van der Waals surface area contributed by atoms with Gasteiger partial charge in [-0.2, -0.15) is 0 Å². The molecule has 0 amide bonds. The maximum absolute atomic E-state index is 3.97. The molecule has 0 aliphatic carbocycles. The molecule has 0 atom stereocenters. The van der Waals surface area contributed by atoms with Crippen molar-refractivity contribution in [3.8, 4) is 11.5 Å². The van der Waals surface area contributed by atoms with Crippen LogP contribution in [0.25, 0.3) is 11.5 Å². The van der Waals surface area contributed by atoms with Gasteiger partial charge < -0.3 is 4.57 Å². The maximum atomic E-state index is 3.97. The molecule has 0 spiro atoms. The molecule has 0 aromatic rings. The highest BCUT2D eigenvalue weighted by atomic mass is 15.1. The number of rotatable bonds is 0. The van der Waals surface area contributed by atoms with E-state index in [1.165, 1.54) is 6.33 Å². The van der Waals surface area contributed by atoms with Crippen molar-refractivity contribution in [1.82, 2.24) is 19.5 Å². The summed E-state index contributed by atoms with van der Waals surface area (Å²) in [5, 5.41) is 0. The minimum absolute atomic E-state index is 0.651. The van der Waals surface area contributed by atoms with Gasteiger partial charge in [-0.1, -0.05) is 0 Å². The summed E-state index contributed by atoms with van der Waals surface area (Å²) >= 11 is 0. The molecule has 0 saturated carbocycles. The van der Waals surface area contributed by atoms with Crippen LogP contribution in [0.15, 0.2) is 12.5 Å². The van der Waals surface area contributed by atoms with E-state index in [1.807, 2.05) is 13.2 Å². The summed E-state index contributed by atoms with van der Waals surface area (Å²) in [6.45, 7) is 0. The lowest BCUT2D eigenvalue weighted by Gasteiger charge is -1.96. The van der Waals surface area contributed by atoms with Crippen molar-refractivity contribution in [2.45, 2.75) is 0 Å². The third kappa shape index (κ3) is 0.655. The van der Waals surface area contributed by atoms with Crippen molar-refractivity contribution < 1.29 is 0 Å². The molecule has 2 aliphatic heterocycles. The van der Waals surface area contributed by atoms with Crippen LogP contribution < -0.4 is 0 Å². The van der Waals surface area contributed by atoms with Crippen LogP contribution in [0.3, 0.4) is 0 Å². The summed E-state index contributed by atoms with van der Waals surface area (Å²) in [4.78, 5) is 11.8. The fraction of sp³-hybridized carbons (Fsp3) is 0.167. The zero-order valence-corrected chi connectivity index (χ0v) is 5.44. The number of aromatic nitrogens is 4. The molecule has 0 N–H and O–H groups in total. The van der Waals surface area contributed by atoms with Gasteiger partial charge in [-0.15, -0.1) is 0 Å². The van der Waals surface area contributed by atoms with E-state index in [-0.39, 0.29) is 0 Å². The van der Waals surface area contributed by atoms with E-state index in [4.69, 9.17) is 0 Å². The first-order valence-electron chi connectivity index (χ1n) is 2.88. The number of aryl methyl sites for hydroxylation is 1. The van der Waals surface area contributed by atoms with Crippen LogP contribution >= 0.6 is 0 Å². The highest BCUT2D eigenvalue weighted by Crippen LogP contribution is 2.09. The van der Waals surface area contributed by atoms with Gasteiger partial charge in [0.2, 0.25) is 0 Å². The van der Waals surface area contributed by atoms with Crippen LogP contribution in [-0.4, -0.2) is 19.5 Å². The molecule has 10 heavy (non-hydrogen) atoms. The quantitative estimate of drug-likeness (QED) is 0.512. The second-order valence-electron chi connectivity index (χ2n) is 2.03. The molecule has 2 rings (SSSR count). The molecule has 49 valence electrons. The van der Waals surface area contributed by atoms with E-state index in [0.29, 0.717) is 5.82 Å². The highest BCUT2D eigenvalue weighted by molar-refractivity contribution is 5.47. The van der Waals surface area contributed by atoms with E-state index in [2.05, 4.69) is 21.3 Å². The first-order valence-corrected chi connectivity index (χ1v) is 2.88. The van der Waals surface area contributed by atoms with Gasteiger partial charge in [0.25, 0.3) is 0 Å². The van der Waals surface area contributed by atoms with Crippen LogP contribution in [0, 0.1) is 6.33 Å². The van der Waals surface area contributed by atoms with Crippen molar-refractivity contribution in [2.75, 3.05) is 0 Å². The van der Waals surface area contributed by atoms with Gasteiger partial charge >= 0.3 is 0 Å². The monoisotopic (exact) mass is 133 g/mol. The fourth-order valence-electron chi connectivity index (χ4n) is 0.785. The maximum Gasteiger partial charge on any atom is 0.183 e. The van der Waals surface area contributed by atoms with E-state index in [0.717, 1.165) is 5.69 Å². The molecule has 0 bridgehead atoms. The molecule has 4 nitrogen and oxygen atoms in total. The Hall–Kier alpha value is -1.45. The zero-order valence-electron chi connectivity index (χ0n) is 5.44. The van der Waals surface area contributed by atoms with Crippen LogP contribution in [0.1, 0.15) is 0 Å². The lowest BCUT2D eigenvalue weighted by molar-refractivity contribution is 0.847. The lowest BCUT2D eigenvalue weighted by Crippen LogP contribution is -1.95. The number of fused-ring (bicyclic) bond motifs is 1. The van der Waals surface area contributed by atoms with Gasteiger partial charge in [-0.25, -0.2) is 15.0 Å². The van der Waals surface area contributed by atoms with Gasteiger partial charge in [0.15, 0.2) is 12.2 Å². The number of imidazole rings is 1.